The Balaban J connectivity index is 2.17. The van der Waals surface area contributed by atoms with Gasteiger partial charge in [0.15, 0.2) is 0 Å². The molecule has 0 aliphatic carbocycles. The molecular formula is C7H7N2O2S2-. The van der Waals surface area contributed by atoms with E-state index in [4.69, 9.17) is 0 Å². The van der Waals surface area contributed by atoms with Gasteiger partial charge in [-0.3, -0.25) is 4.21 Å². The zero-order valence-electron chi connectivity index (χ0n) is 6.60. The predicted octanol–water partition coefficient (Wildman–Crippen LogP) is 1.42. The van der Waals surface area contributed by atoms with Crippen LogP contribution >= 0.6 is 11.9 Å². The molecule has 1 aliphatic heterocycles. The highest BCUT2D eigenvalue weighted by molar-refractivity contribution is 7.98. The summed E-state index contributed by atoms with van der Waals surface area (Å²) in [4.78, 5) is 3.24. The lowest BCUT2D eigenvalue weighted by Gasteiger charge is -2.02. The van der Waals surface area contributed by atoms with Crippen molar-refractivity contribution in [2.75, 3.05) is 0 Å². The van der Waals surface area contributed by atoms with Crippen molar-refractivity contribution in [1.82, 2.24) is 4.98 Å². The Morgan fingerprint density at radius 3 is 3.15 bits per heavy atom. The van der Waals surface area contributed by atoms with E-state index in [0.29, 0.717) is 4.90 Å². The molecule has 1 N–H and O–H groups in total. The molecule has 0 saturated heterocycles. The first-order valence-corrected chi connectivity index (χ1v) is 5.64. The third-order valence-corrected chi connectivity index (χ3v) is 3.39. The quantitative estimate of drug-likeness (QED) is 0.599. The smallest absolute Gasteiger partial charge is 0.0716 e. The van der Waals surface area contributed by atoms with Crippen LogP contribution in [0.3, 0.4) is 0 Å². The van der Waals surface area contributed by atoms with Crippen molar-refractivity contribution in [3.8, 4) is 0 Å². The van der Waals surface area contributed by atoms with E-state index in [9.17, 15) is 8.76 Å². The number of aromatic amines is 1. The van der Waals surface area contributed by atoms with Gasteiger partial charge in [-0.1, -0.05) is 0 Å². The Bertz CT molecular complexity index is 353. The second kappa shape index (κ2) is 3.65. The van der Waals surface area contributed by atoms with E-state index in [1.165, 1.54) is 18.1 Å². The minimum Gasteiger partial charge on any atom is -0.768 e. The van der Waals surface area contributed by atoms with Gasteiger partial charge in [-0.25, -0.2) is 4.40 Å². The molecule has 1 aliphatic rings. The lowest BCUT2D eigenvalue weighted by atomic mass is 10.2. The topological polar surface area (TPSA) is 68.3 Å². The fourth-order valence-electron chi connectivity index (χ4n) is 1.16. The molecule has 1 aromatic heterocycles. The van der Waals surface area contributed by atoms with Gasteiger partial charge in [-0.2, -0.15) is 0 Å². The van der Waals surface area contributed by atoms with Gasteiger partial charge in [-0.15, -0.1) is 0 Å². The van der Waals surface area contributed by atoms with Crippen LogP contribution in [0, 0.1) is 0 Å². The van der Waals surface area contributed by atoms with E-state index in [1.807, 2.05) is 6.21 Å². The third kappa shape index (κ3) is 1.84. The molecule has 2 heterocycles. The Labute approximate surface area is 82.3 Å². The van der Waals surface area contributed by atoms with E-state index in [-0.39, 0.29) is 5.25 Å². The average Bonchev–Trinajstić information content (AvgIpc) is 2.75. The Hall–Kier alpha value is -0.590. The lowest BCUT2D eigenvalue weighted by Crippen LogP contribution is -1.89. The first kappa shape index (κ1) is 8.98. The normalized spacial score (nSPS) is 23.6. The first-order chi connectivity index (χ1) is 6.27. The second-order valence-corrected chi connectivity index (χ2v) is 4.57. The number of nitrogens with one attached hydrogen (secondary N) is 1. The fraction of sp³-hybridized carbons (Fsp3) is 0.286. The monoisotopic (exact) mass is 215 g/mol. The van der Waals surface area contributed by atoms with Gasteiger partial charge in [0.1, 0.15) is 0 Å². The first-order valence-electron chi connectivity index (χ1n) is 3.72. The van der Waals surface area contributed by atoms with Crippen molar-refractivity contribution in [1.29, 1.82) is 0 Å². The molecule has 0 radical (unpaired) electrons. The van der Waals surface area contributed by atoms with Crippen molar-refractivity contribution in [2.45, 2.75) is 16.6 Å². The van der Waals surface area contributed by atoms with Crippen LogP contribution in [0.4, 0.5) is 0 Å². The molecule has 2 rings (SSSR count). The van der Waals surface area contributed by atoms with Crippen LogP contribution < -0.4 is 0 Å². The third-order valence-electron chi connectivity index (χ3n) is 1.80. The van der Waals surface area contributed by atoms with Crippen LogP contribution in [0.25, 0.3) is 0 Å². The molecule has 1 aromatic rings. The zero-order valence-corrected chi connectivity index (χ0v) is 8.23. The highest BCUT2D eigenvalue weighted by Gasteiger charge is 2.16. The van der Waals surface area contributed by atoms with Gasteiger partial charge >= 0.3 is 0 Å². The molecule has 0 fully saturated rings. The van der Waals surface area contributed by atoms with Crippen LogP contribution in [0.5, 0.6) is 0 Å². The van der Waals surface area contributed by atoms with Crippen LogP contribution in [-0.4, -0.2) is 20.0 Å². The Morgan fingerprint density at radius 2 is 2.62 bits per heavy atom. The number of rotatable bonds is 2. The average molecular weight is 215 g/mol. The van der Waals surface area contributed by atoms with E-state index in [0.717, 1.165) is 12.1 Å². The number of hydrogen-bond acceptors (Lipinski definition) is 4. The Kier molecular flexibility index (Phi) is 2.52. The van der Waals surface area contributed by atoms with Crippen LogP contribution in [0.15, 0.2) is 21.6 Å². The molecule has 70 valence electrons. The predicted molar refractivity (Wildman–Crippen MR) is 51.4 cm³/mol. The van der Waals surface area contributed by atoms with Crippen LogP contribution in [-0.2, 0) is 11.1 Å². The number of nitrogens with zero attached hydrogens (tertiary/aromatic N) is 1. The summed E-state index contributed by atoms with van der Waals surface area (Å²) in [6.45, 7) is 0. The minimum atomic E-state index is -2.14. The van der Waals surface area contributed by atoms with E-state index < -0.39 is 11.1 Å². The van der Waals surface area contributed by atoms with Crippen molar-refractivity contribution < 1.29 is 8.76 Å². The lowest BCUT2D eigenvalue weighted by molar-refractivity contribution is 0.537. The summed E-state index contributed by atoms with van der Waals surface area (Å²) in [5, 5.41) is 0.247. The van der Waals surface area contributed by atoms with E-state index in [1.54, 1.807) is 6.07 Å². The maximum atomic E-state index is 10.6. The van der Waals surface area contributed by atoms with Gasteiger partial charge < -0.3 is 9.54 Å². The van der Waals surface area contributed by atoms with Gasteiger partial charge in [0.25, 0.3) is 0 Å². The summed E-state index contributed by atoms with van der Waals surface area (Å²) < 4.78 is 25.2. The van der Waals surface area contributed by atoms with Crippen LogP contribution in [0.2, 0.25) is 0 Å². The van der Waals surface area contributed by atoms with Crippen molar-refractivity contribution >= 4 is 29.2 Å². The van der Waals surface area contributed by atoms with Gasteiger partial charge in [0, 0.05) is 29.4 Å². The summed E-state index contributed by atoms with van der Waals surface area (Å²) in [5.74, 6) is 0. The molecule has 0 spiro atoms. The van der Waals surface area contributed by atoms with Crippen LogP contribution in [0.1, 0.15) is 17.4 Å². The van der Waals surface area contributed by atoms with Gasteiger partial charge in [0.05, 0.1) is 5.25 Å². The molecule has 0 amide bonds. The molecule has 0 saturated carbocycles. The molecule has 0 bridgehead atoms. The fourth-order valence-corrected chi connectivity index (χ4v) is 2.27. The summed E-state index contributed by atoms with van der Waals surface area (Å²) in [7, 11) is 0. The highest BCUT2D eigenvalue weighted by Crippen LogP contribution is 2.35. The minimum absolute atomic E-state index is 0.247. The summed E-state index contributed by atoms with van der Waals surface area (Å²) >= 11 is -0.682. The van der Waals surface area contributed by atoms with Gasteiger partial charge in [0.2, 0.25) is 0 Å². The molecule has 6 heteroatoms. The molecular weight excluding hydrogens is 208 g/mol. The van der Waals surface area contributed by atoms with E-state index >= 15 is 0 Å². The summed E-state index contributed by atoms with van der Waals surface area (Å²) in [6.07, 6.45) is 4.19. The SMILES string of the molecule is O=S([O-])c1c[nH]c(C2CC=NS2)c1. The van der Waals surface area contributed by atoms with Crippen molar-refractivity contribution in [2.24, 2.45) is 4.40 Å². The number of H-pyrrole nitrogens is 1. The zero-order chi connectivity index (χ0) is 9.26. The highest BCUT2D eigenvalue weighted by atomic mass is 32.2. The van der Waals surface area contributed by atoms with E-state index in [2.05, 4.69) is 9.38 Å². The largest absolute Gasteiger partial charge is 0.768 e. The van der Waals surface area contributed by atoms with Gasteiger partial charge in [-0.05, 0) is 29.1 Å². The van der Waals surface area contributed by atoms with Crippen molar-refractivity contribution in [3.05, 3.63) is 18.0 Å². The second-order valence-electron chi connectivity index (χ2n) is 2.64. The standard InChI is InChI=1S/C7H8N2O2S2/c10-13(11)5-3-6(8-4-5)7-1-2-9-12-7/h2-4,7-8H,1H2,(H,10,11)/p-1. The molecule has 2 unspecified atom stereocenters. The maximum absolute atomic E-state index is 10.6. The molecule has 13 heavy (non-hydrogen) atoms. The maximum Gasteiger partial charge on any atom is 0.0716 e. The van der Waals surface area contributed by atoms with Crippen molar-refractivity contribution in [3.63, 3.8) is 0 Å². The summed E-state index contributed by atoms with van der Waals surface area (Å²) in [5.41, 5.74) is 0.918. The summed E-state index contributed by atoms with van der Waals surface area (Å²) in [6, 6.07) is 1.65. The Morgan fingerprint density at radius 1 is 1.77 bits per heavy atom. The molecule has 2 atom stereocenters. The number of hydrogen-bond donors (Lipinski definition) is 1. The molecule has 4 nitrogen and oxygen atoms in total. The molecule has 0 aromatic carbocycles. The number of aromatic nitrogens is 1.